The molecule has 1 N–H and O–H groups in total. The van der Waals surface area contributed by atoms with Crippen LogP contribution in [0.2, 0.25) is 0 Å². The van der Waals surface area contributed by atoms with Crippen LogP contribution in [-0.2, 0) is 16.0 Å². The molecule has 0 atom stereocenters. The van der Waals surface area contributed by atoms with Crippen molar-refractivity contribution in [3.05, 3.63) is 42.0 Å². The first-order valence-corrected chi connectivity index (χ1v) is 7.65. The zero-order chi connectivity index (χ0) is 16.4. The van der Waals surface area contributed by atoms with Crippen molar-refractivity contribution in [1.29, 1.82) is 0 Å². The lowest BCUT2D eigenvalue weighted by Crippen LogP contribution is -2.38. The molecule has 0 spiro atoms. The molecule has 2 aromatic carbocycles. The Hall–Kier alpha value is -2.56. The molecule has 1 amide bonds. The van der Waals surface area contributed by atoms with Gasteiger partial charge in [0.2, 0.25) is 5.91 Å². The lowest BCUT2D eigenvalue weighted by molar-refractivity contribution is -0.144. The van der Waals surface area contributed by atoms with E-state index < -0.39 is 5.97 Å². The summed E-state index contributed by atoms with van der Waals surface area (Å²) in [5.74, 6) is -0.364. The van der Waals surface area contributed by atoms with Gasteiger partial charge in [-0.25, -0.2) is 0 Å². The summed E-state index contributed by atoms with van der Waals surface area (Å²) in [7, 11) is 1.61. The summed E-state index contributed by atoms with van der Waals surface area (Å²) >= 11 is 0. The maximum Gasteiger partial charge on any atom is 0.323 e. The SMILES string of the molecule is COc1ccc2cccc(CC(=O)N(CC(=O)O)C3CC3)c2c1. The Balaban J connectivity index is 1.87. The molecule has 0 heterocycles. The molecule has 0 saturated heterocycles. The maximum absolute atomic E-state index is 12.6. The number of hydrogen-bond acceptors (Lipinski definition) is 3. The van der Waals surface area contributed by atoms with Gasteiger partial charge in [0.15, 0.2) is 0 Å². The lowest BCUT2D eigenvalue weighted by atomic mass is 10.0. The molecular formula is C18H19NO4. The Morgan fingerprint density at radius 2 is 2.04 bits per heavy atom. The number of benzene rings is 2. The van der Waals surface area contributed by atoms with E-state index in [1.165, 1.54) is 4.90 Å². The highest BCUT2D eigenvalue weighted by molar-refractivity contribution is 5.92. The van der Waals surface area contributed by atoms with Crippen LogP contribution in [0.5, 0.6) is 5.75 Å². The smallest absolute Gasteiger partial charge is 0.323 e. The van der Waals surface area contributed by atoms with Crippen molar-refractivity contribution in [1.82, 2.24) is 4.90 Å². The molecule has 23 heavy (non-hydrogen) atoms. The van der Waals surface area contributed by atoms with Gasteiger partial charge in [-0.2, -0.15) is 0 Å². The molecule has 1 saturated carbocycles. The predicted octanol–water partition coefficient (Wildman–Crippen LogP) is 2.47. The number of carboxylic acids is 1. The molecule has 1 fully saturated rings. The van der Waals surface area contributed by atoms with Crippen LogP contribution in [0, 0.1) is 0 Å². The van der Waals surface area contributed by atoms with Gasteiger partial charge < -0.3 is 14.7 Å². The van der Waals surface area contributed by atoms with Crippen molar-refractivity contribution in [2.24, 2.45) is 0 Å². The number of amides is 1. The van der Waals surface area contributed by atoms with E-state index >= 15 is 0 Å². The average Bonchev–Trinajstić information content (AvgIpc) is 3.37. The fourth-order valence-electron chi connectivity index (χ4n) is 2.81. The van der Waals surface area contributed by atoms with Gasteiger partial charge in [-0.15, -0.1) is 0 Å². The van der Waals surface area contributed by atoms with Gasteiger partial charge in [-0.1, -0.05) is 24.3 Å². The van der Waals surface area contributed by atoms with Crippen LogP contribution in [0.15, 0.2) is 36.4 Å². The van der Waals surface area contributed by atoms with Crippen LogP contribution in [0.4, 0.5) is 0 Å². The molecule has 0 bridgehead atoms. The number of nitrogens with zero attached hydrogens (tertiary/aromatic N) is 1. The van der Waals surface area contributed by atoms with Crippen LogP contribution >= 0.6 is 0 Å². The monoisotopic (exact) mass is 313 g/mol. The molecule has 1 aliphatic carbocycles. The zero-order valence-corrected chi connectivity index (χ0v) is 13.0. The number of hydrogen-bond donors (Lipinski definition) is 1. The molecule has 0 unspecified atom stereocenters. The fourth-order valence-corrected chi connectivity index (χ4v) is 2.81. The summed E-state index contributed by atoms with van der Waals surface area (Å²) < 4.78 is 5.26. The standard InChI is InChI=1S/C18H19NO4/c1-23-15-8-5-12-3-2-4-13(16(12)10-15)9-17(20)19(11-18(21)22)14-6-7-14/h2-5,8,10,14H,6-7,9,11H2,1H3,(H,21,22). The normalized spacial score (nSPS) is 13.8. The van der Waals surface area contributed by atoms with Crippen LogP contribution in [-0.4, -0.2) is 41.6 Å². The van der Waals surface area contributed by atoms with Crippen molar-refractivity contribution in [3.8, 4) is 5.75 Å². The van der Waals surface area contributed by atoms with Gasteiger partial charge in [-0.3, -0.25) is 9.59 Å². The minimum Gasteiger partial charge on any atom is -0.497 e. The Morgan fingerprint density at radius 1 is 1.26 bits per heavy atom. The number of rotatable bonds is 6. The van der Waals surface area contributed by atoms with E-state index in [1.807, 2.05) is 36.4 Å². The largest absolute Gasteiger partial charge is 0.497 e. The number of aliphatic carboxylic acids is 1. The summed E-state index contributed by atoms with van der Waals surface area (Å²) in [4.78, 5) is 25.0. The van der Waals surface area contributed by atoms with E-state index in [0.717, 1.165) is 34.9 Å². The number of fused-ring (bicyclic) bond motifs is 1. The molecule has 0 aliphatic heterocycles. The second-order valence-corrected chi connectivity index (χ2v) is 5.83. The van der Waals surface area contributed by atoms with Gasteiger partial charge >= 0.3 is 5.97 Å². The predicted molar refractivity (Wildman–Crippen MR) is 86.6 cm³/mol. The van der Waals surface area contributed by atoms with Crippen LogP contribution in [0.3, 0.4) is 0 Å². The third-order valence-corrected chi connectivity index (χ3v) is 4.13. The molecule has 0 radical (unpaired) electrons. The molecule has 2 aromatic rings. The number of carbonyl (C=O) groups is 2. The molecule has 120 valence electrons. The van der Waals surface area contributed by atoms with Gasteiger partial charge in [0.25, 0.3) is 0 Å². The Labute approximate surface area is 134 Å². The molecular weight excluding hydrogens is 294 g/mol. The van der Waals surface area contributed by atoms with E-state index in [9.17, 15) is 9.59 Å². The molecule has 3 rings (SSSR count). The Bertz CT molecular complexity index is 752. The highest BCUT2D eigenvalue weighted by Crippen LogP contribution is 2.29. The van der Waals surface area contributed by atoms with Crippen molar-refractivity contribution in [3.63, 3.8) is 0 Å². The van der Waals surface area contributed by atoms with Crippen molar-refractivity contribution in [2.45, 2.75) is 25.3 Å². The minimum atomic E-state index is -0.968. The number of methoxy groups -OCH3 is 1. The van der Waals surface area contributed by atoms with Crippen LogP contribution in [0.1, 0.15) is 18.4 Å². The highest BCUT2D eigenvalue weighted by atomic mass is 16.5. The Morgan fingerprint density at radius 3 is 2.70 bits per heavy atom. The van der Waals surface area contributed by atoms with Gasteiger partial charge in [0.05, 0.1) is 13.5 Å². The molecule has 5 heteroatoms. The fraction of sp³-hybridized carbons (Fsp3) is 0.333. The summed E-state index contributed by atoms with van der Waals surface area (Å²) in [6.45, 7) is -0.225. The van der Waals surface area contributed by atoms with E-state index in [0.29, 0.717) is 0 Å². The highest BCUT2D eigenvalue weighted by Gasteiger charge is 2.33. The van der Waals surface area contributed by atoms with E-state index in [-0.39, 0.29) is 24.9 Å². The van der Waals surface area contributed by atoms with Gasteiger partial charge in [0.1, 0.15) is 12.3 Å². The number of carboxylic acid groups (broad SMARTS) is 1. The second-order valence-electron chi connectivity index (χ2n) is 5.83. The summed E-state index contributed by atoms with van der Waals surface area (Å²) in [5, 5.41) is 11.0. The van der Waals surface area contributed by atoms with E-state index in [4.69, 9.17) is 9.84 Å². The molecule has 1 aliphatic rings. The van der Waals surface area contributed by atoms with Gasteiger partial charge in [-0.05, 0) is 41.3 Å². The first kappa shape index (κ1) is 15.3. The quantitative estimate of drug-likeness (QED) is 0.889. The third kappa shape index (κ3) is 3.44. The zero-order valence-electron chi connectivity index (χ0n) is 13.0. The topological polar surface area (TPSA) is 66.8 Å². The van der Waals surface area contributed by atoms with Crippen LogP contribution < -0.4 is 4.74 Å². The second kappa shape index (κ2) is 6.28. The molecule has 5 nitrogen and oxygen atoms in total. The number of ether oxygens (including phenoxy) is 1. The molecule has 0 aromatic heterocycles. The van der Waals surface area contributed by atoms with E-state index in [2.05, 4.69) is 0 Å². The third-order valence-electron chi connectivity index (χ3n) is 4.13. The first-order valence-electron chi connectivity index (χ1n) is 7.65. The maximum atomic E-state index is 12.6. The van der Waals surface area contributed by atoms with Crippen molar-refractivity contribution >= 4 is 22.6 Å². The number of carbonyl (C=O) groups excluding carboxylic acids is 1. The minimum absolute atomic E-state index is 0.0862. The Kier molecular flexibility index (Phi) is 4.19. The lowest BCUT2D eigenvalue weighted by Gasteiger charge is -2.20. The summed E-state index contributed by atoms with van der Waals surface area (Å²) in [5.41, 5.74) is 0.891. The van der Waals surface area contributed by atoms with Gasteiger partial charge in [0, 0.05) is 6.04 Å². The van der Waals surface area contributed by atoms with E-state index in [1.54, 1.807) is 7.11 Å². The van der Waals surface area contributed by atoms with Crippen molar-refractivity contribution < 1.29 is 19.4 Å². The summed E-state index contributed by atoms with van der Waals surface area (Å²) in [6, 6.07) is 11.6. The first-order chi connectivity index (χ1) is 11.1. The summed E-state index contributed by atoms with van der Waals surface area (Å²) in [6.07, 6.45) is 1.99. The average molecular weight is 313 g/mol. The van der Waals surface area contributed by atoms with Crippen LogP contribution in [0.25, 0.3) is 10.8 Å². The van der Waals surface area contributed by atoms with Crippen molar-refractivity contribution in [2.75, 3.05) is 13.7 Å².